The van der Waals surface area contributed by atoms with Gasteiger partial charge in [-0.05, 0) is 12.5 Å². The molecule has 1 atom stereocenters. The molecule has 2 aliphatic rings. The maximum atomic E-state index is 14.1. The Morgan fingerprint density at radius 1 is 1.33 bits per heavy atom. The van der Waals surface area contributed by atoms with Crippen molar-refractivity contribution in [1.82, 2.24) is 0 Å². The van der Waals surface area contributed by atoms with Crippen LogP contribution in [0.25, 0.3) is 0 Å². The third-order valence-corrected chi connectivity index (χ3v) is 3.85. The van der Waals surface area contributed by atoms with Crippen molar-refractivity contribution in [3.05, 3.63) is 23.2 Å². The van der Waals surface area contributed by atoms with E-state index in [-0.39, 0.29) is 28.4 Å². The Hall–Kier alpha value is -0.970. The van der Waals surface area contributed by atoms with E-state index in [2.05, 4.69) is 15.9 Å². The molecular formula is C13H14BrFO3. The molecule has 3 nitrogen and oxygen atoms in total. The molecule has 0 saturated heterocycles. The van der Waals surface area contributed by atoms with Gasteiger partial charge in [0.2, 0.25) is 0 Å². The number of alkyl halides is 1. The summed E-state index contributed by atoms with van der Waals surface area (Å²) in [6, 6.07) is 0. The molecule has 0 spiro atoms. The van der Waals surface area contributed by atoms with Crippen molar-refractivity contribution in [2.24, 2.45) is 5.92 Å². The molecule has 98 valence electrons. The number of ether oxygens (including phenoxy) is 1. The van der Waals surface area contributed by atoms with Gasteiger partial charge in [0, 0.05) is 29.7 Å². The summed E-state index contributed by atoms with van der Waals surface area (Å²) in [5, 5.41) is 0. The van der Waals surface area contributed by atoms with Gasteiger partial charge >= 0.3 is 0 Å². The molecule has 2 aliphatic carbocycles. The summed E-state index contributed by atoms with van der Waals surface area (Å²) >= 11 is 3.29. The Kier molecular flexibility index (Phi) is 4.00. The zero-order valence-corrected chi connectivity index (χ0v) is 11.6. The number of hydrogen-bond donors (Lipinski definition) is 0. The first kappa shape index (κ1) is 13.5. The molecule has 0 amide bonds. The third kappa shape index (κ3) is 2.41. The van der Waals surface area contributed by atoms with Crippen LogP contribution in [0, 0.1) is 5.92 Å². The number of hydrogen-bond acceptors (Lipinski definition) is 3. The lowest BCUT2D eigenvalue weighted by Gasteiger charge is -2.27. The Morgan fingerprint density at radius 2 is 1.94 bits per heavy atom. The standard InChI is InChI=1S/C13H14BrFO3/c1-18-11-6-7(14)5-8(15)12(11)13-9(16)3-2-4-10(13)17/h6-7,13H,2-5H2,1H3. The highest BCUT2D eigenvalue weighted by Crippen LogP contribution is 2.37. The van der Waals surface area contributed by atoms with Crippen LogP contribution in [0.1, 0.15) is 25.7 Å². The number of carbonyl (C=O) groups is 2. The molecule has 0 heterocycles. The van der Waals surface area contributed by atoms with Crippen LogP contribution in [0.2, 0.25) is 0 Å². The molecule has 1 saturated carbocycles. The van der Waals surface area contributed by atoms with E-state index in [0.717, 1.165) is 0 Å². The van der Waals surface area contributed by atoms with Crippen LogP contribution in [0.5, 0.6) is 0 Å². The van der Waals surface area contributed by atoms with Gasteiger partial charge in [0.05, 0.1) is 7.11 Å². The van der Waals surface area contributed by atoms with E-state index in [1.165, 1.54) is 7.11 Å². The van der Waals surface area contributed by atoms with E-state index in [0.29, 0.717) is 25.0 Å². The average Bonchev–Trinajstić information content (AvgIpc) is 2.30. The topological polar surface area (TPSA) is 43.4 Å². The van der Waals surface area contributed by atoms with Crippen molar-refractivity contribution in [2.75, 3.05) is 7.11 Å². The van der Waals surface area contributed by atoms with Gasteiger partial charge < -0.3 is 4.74 Å². The van der Waals surface area contributed by atoms with Gasteiger partial charge in [0.1, 0.15) is 29.1 Å². The first-order valence-electron chi connectivity index (χ1n) is 5.88. The number of carbonyl (C=O) groups excluding carboxylic acids is 2. The van der Waals surface area contributed by atoms with E-state index < -0.39 is 11.7 Å². The minimum absolute atomic E-state index is 0.142. The zero-order valence-electron chi connectivity index (χ0n) is 10.0. The van der Waals surface area contributed by atoms with Gasteiger partial charge in [-0.1, -0.05) is 15.9 Å². The van der Waals surface area contributed by atoms with Crippen molar-refractivity contribution >= 4 is 27.5 Å². The molecule has 0 aliphatic heterocycles. The van der Waals surface area contributed by atoms with E-state index in [1.807, 2.05) is 0 Å². The largest absolute Gasteiger partial charge is 0.497 e. The summed E-state index contributed by atoms with van der Waals surface area (Å²) < 4.78 is 19.2. The summed E-state index contributed by atoms with van der Waals surface area (Å²) in [4.78, 5) is 23.6. The number of halogens is 2. The number of allylic oxidation sites excluding steroid dienone is 3. The van der Waals surface area contributed by atoms with Crippen LogP contribution in [-0.4, -0.2) is 23.5 Å². The van der Waals surface area contributed by atoms with Crippen molar-refractivity contribution in [3.8, 4) is 0 Å². The fourth-order valence-electron chi connectivity index (χ4n) is 2.43. The molecule has 0 bridgehead atoms. The molecule has 5 heteroatoms. The van der Waals surface area contributed by atoms with Crippen LogP contribution in [0.15, 0.2) is 23.2 Å². The summed E-state index contributed by atoms with van der Waals surface area (Å²) in [7, 11) is 1.42. The first-order chi connectivity index (χ1) is 8.54. The van der Waals surface area contributed by atoms with E-state index in [9.17, 15) is 14.0 Å². The summed E-state index contributed by atoms with van der Waals surface area (Å²) in [5.41, 5.74) is 0.142. The molecule has 1 fully saturated rings. The second-order valence-electron chi connectivity index (χ2n) is 4.49. The summed E-state index contributed by atoms with van der Waals surface area (Å²) in [6.07, 6.45) is 3.09. The number of methoxy groups -OCH3 is 1. The molecule has 0 radical (unpaired) electrons. The minimum atomic E-state index is -0.968. The fourth-order valence-corrected chi connectivity index (χ4v) is 2.96. The van der Waals surface area contributed by atoms with Crippen molar-refractivity contribution in [2.45, 2.75) is 30.5 Å². The SMILES string of the molecule is COC1=CC(Br)CC(F)=C1C1C(=O)CCCC1=O. The Bertz CT molecular complexity index is 437. The van der Waals surface area contributed by atoms with Gasteiger partial charge in [-0.2, -0.15) is 0 Å². The van der Waals surface area contributed by atoms with E-state index in [4.69, 9.17) is 4.74 Å². The van der Waals surface area contributed by atoms with Gasteiger partial charge in [-0.3, -0.25) is 9.59 Å². The summed E-state index contributed by atoms with van der Waals surface area (Å²) in [5.74, 6) is -1.50. The second-order valence-corrected chi connectivity index (χ2v) is 5.67. The molecule has 0 aromatic carbocycles. The molecular weight excluding hydrogens is 303 g/mol. The predicted molar refractivity (Wildman–Crippen MR) is 67.9 cm³/mol. The van der Waals surface area contributed by atoms with Crippen LogP contribution >= 0.6 is 15.9 Å². The zero-order chi connectivity index (χ0) is 13.3. The summed E-state index contributed by atoms with van der Waals surface area (Å²) in [6.45, 7) is 0. The van der Waals surface area contributed by atoms with Gasteiger partial charge in [0.15, 0.2) is 0 Å². The normalized spacial score (nSPS) is 26.4. The first-order valence-corrected chi connectivity index (χ1v) is 6.80. The maximum Gasteiger partial charge on any atom is 0.148 e. The van der Waals surface area contributed by atoms with Gasteiger partial charge in [0.25, 0.3) is 0 Å². The second kappa shape index (κ2) is 5.34. The van der Waals surface area contributed by atoms with Crippen molar-refractivity contribution < 1.29 is 18.7 Å². The number of Topliss-reactive ketones (excluding diaryl/α,β-unsaturated/α-hetero) is 2. The van der Waals surface area contributed by atoms with Gasteiger partial charge in [-0.25, -0.2) is 4.39 Å². The highest BCUT2D eigenvalue weighted by atomic mass is 79.9. The highest BCUT2D eigenvalue weighted by molar-refractivity contribution is 9.09. The Balaban J connectivity index is 2.41. The number of rotatable bonds is 2. The monoisotopic (exact) mass is 316 g/mol. The molecule has 2 rings (SSSR count). The highest BCUT2D eigenvalue weighted by Gasteiger charge is 2.38. The molecule has 0 N–H and O–H groups in total. The van der Waals surface area contributed by atoms with E-state index in [1.54, 1.807) is 6.08 Å². The lowest BCUT2D eigenvalue weighted by Crippen LogP contribution is -2.32. The predicted octanol–water partition coefficient (Wildman–Crippen LogP) is 2.85. The molecule has 0 aromatic rings. The molecule has 0 aromatic heterocycles. The van der Waals surface area contributed by atoms with E-state index >= 15 is 0 Å². The van der Waals surface area contributed by atoms with Crippen molar-refractivity contribution in [1.29, 1.82) is 0 Å². The fraction of sp³-hybridized carbons (Fsp3) is 0.538. The quantitative estimate of drug-likeness (QED) is 0.581. The average molecular weight is 317 g/mol. The van der Waals surface area contributed by atoms with Crippen molar-refractivity contribution in [3.63, 3.8) is 0 Å². The lowest BCUT2D eigenvalue weighted by atomic mass is 9.79. The molecule has 18 heavy (non-hydrogen) atoms. The molecule has 1 unspecified atom stereocenters. The Labute approximate surface area is 113 Å². The smallest absolute Gasteiger partial charge is 0.148 e. The lowest BCUT2D eigenvalue weighted by molar-refractivity contribution is -0.134. The number of ketones is 2. The van der Waals surface area contributed by atoms with Crippen LogP contribution in [0.4, 0.5) is 4.39 Å². The van der Waals surface area contributed by atoms with Crippen LogP contribution < -0.4 is 0 Å². The third-order valence-electron chi connectivity index (χ3n) is 3.26. The Morgan fingerprint density at radius 3 is 2.50 bits per heavy atom. The van der Waals surface area contributed by atoms with Crippen LogP contribution in [0.3, 0.4) is 0 Å². The van der Waals surface area contributed by atoms with Crippen LogP contribution in [-0.2, 0) is 14.3 Å². The van der Waals surface area contributed by atoms with Gasteiger partial charge in [-0.15, -0.1) is 0 Å². The minimum Gasteiger partial charge on any atom is -0.497 e. The maximum absolute atomic E-state index is 14.1.